The second-order valence-corrected chi connectivity index (χ2v) is 2.14. The van der Waals surface area contributed by atoms with Gasteiger partial charge in [-0.3, -0.25) is 4.79 Å². The van der Waals surface area contributed by atoms with Crippen LogP contribution >= 0.6 is 0 Å². The van der Waals surface area contributed by atoms with E-state index in [2.05, 4.69) is 4.89 Å². The molecule has 0 spiro atoms. The lowest BCUT2D eigenvalue weighted by Crippen LogP contribution is -1.96. The van der Waals surface area contributed by atoms with E-state index >= 15 is 0 Å². The summed E-state index contributed by atoms with van der Waals surface area (Å²) in [6, 6.07) is 6.50. The Morgan fingerprint density at radius 1 is 1.45 bits per heavy atom. The molecule has 0 saturated heterocycles. The summed E-state index contributed by atoms with van der Waals surface area (Å²) in [7, 11) is 0. The highest BCUT2D eigenvalue weighted by Crippen LogP contribution is 2.16. The molecular weight excluding hydrogens is 144 g/mol. The fourth-order valence-corrected chi connectivity index (χ4v) is 0.837. The van der Waals surface area contributed by atoms with Crippen molar-refractivity contribution in [1.82, 2.24) is 0 Å². The van der Waals surface area contributed by atoms with Crippen molar-refractivity contribution in [3.05, 3.63) is 29.8 Å². The first kappa shape index (κ1) is 7.75. The van der Waals surface area contributed by atoms with Gasteiger partial charge in [0.15, 0.2) is 11.5 Å². The molecule has 0 radical (unpaired) electrons. The monoisotopic (exact) mass is 152 g/mol. The van der Waals surface area contributed by atoms with Crippen LogP contribution in [0.4, 0.5) is 0 Å². The topological polar surface area (TPSA) is 46.5 Å². The van der Waals surface area contributed by atoms with Crippen LogP contribution in [-0.4, -0.2) is 11.0 Å². The molecule has 1 rings (SSSR count). The summed E-state index contributed by atoms with van der Waals surface area (Å²) < 4.78 is 0. The molecule has 0 atom stereocenters. The quantitative estimate of drug-likeness (QED) is 0.399. The summed E-state index contributed by atoms with van der Waals surface area (Å²) in [5, 5.41) is 8.32. The van der Waals surface area contributed by atoms with Crippen molar-refractivity contribution in [2.45, 2.75) is 6.92 Å². The van der Waals surface area contributed by atoms with Gasteiger partial charge in [-0.15, -0.1) is 0 Å². The molecule has 3 nitrogen and oxygen atoms in total. The molecule has 0 amide bonds. The van der Waals surface area contributed by atoms with Crippen LogP contribution in [0.2, 0.25) is 0 Å². The van der Waals surface area contributed by atoms with E-state index in [4.69, 9.17) is 5.26 Å². The summed E-state index contributed by atoms with van der Waals surface area (Å²) in [5.74, 6) is 0.0645. The molecule has 0 unspecified atom stereocenters. The van der Waals surface area contributed by atoms with E-state index < -0.39 is 0 Å². The molecule has 0 aliphatic carbocycles. The highest BCUT2D eigenvalue weighted by Gasteiger charge is 2.05. The number of benzene rings is 1. The Hall–Kier alpha value is -1.35. The number of Topliss-reactive ketones (excluding diaryl/α,β-unsaturated/α-hetero) is 1. The zero-order valence-corrected chi connectivity index (χ0v) is 6.07. The normalized spacial score (nSPS) is 9.27. The van der Waals surface area contributed by atoms with E-state index in [0.29, 0.717) is 5.56 Å². The Morgan fingerprint density at radius 2 is 2.09 bits per heavy atom. The molecule has 3 heteroatoms. The molecular formula is C8H8O3. The number of carbonyl (C=O) groups excluding carboxylic acids is 1. The fourth-order valence-electron chi connectivity index (χ4n) is 0.837. The Labute approximate surface area is 64.2 Å². The predicted octanol–water partition coefficient (Wildman–Crippen LogP) is 1.74. The minimum Gasteiger partial charge on any atom is -0.339 e. The van der Waals surface area contributed by atoms with Crippen LogP contribution < -0.4 is 4.89 Å². The number of hydrogen-bond acceptors (Lipinski definition) is 3. The SMILES string of the molecule is CC(=O)c1ccccc1OO. The molecule has 0 saturated carbocycles. The van der Waals surface area contributed by atoms with Gasteiger partial charge in [0.05, 0.1) is 5.56 Å². The Bertz CT molecular complexity index is 268. The maximum absolute atomic E-state index is 10.8. The van der Waals surface area contributed by atoms with Crippen molar-refractivity contribution < 1.29 is 14.9 Å². The Kier molecular flexibility index (Phi) is 2.23. The molecule has 1 N–H and O–H groups in total. The molecule has 0 fully saturated rings. The molecule has 0 heterocycles. The highest BCUT2D eigenvalue weighted by atomic mass is 17.1. The third-order valence-corrected chi connectivity index (χ3v) is 1.36. The lowest BCUT2D eigenvalue weighted by atomic mass is 10.1. The van der Waals surface area contributed by atoms with Crippen molar-refractivity contribution >= 4 is 5.78 Å². The average molecular weight is 152 g/mol. The van der Waals surface area contributed by atoms with Gasteiger partial charge in [0.25, 0.3) is 0 Å². The van der Waals surface area contributed by atoms with Gasteiger partial charge in [0, 0.05) is 0 Å². The van der Waals surface area contributed by atoms with Gasteiger partial charge >= 0.3 is 0 Å². The van der Waals surface area contributed by atoms with Crippen LogP contribution in [0.25, 0.3) is 0 Å². The minimum absolute atomic E-state index is 0.130. The third-order valence-electron chi connectivity index (χ3n) is 1.36. The maximum Gasteiger partial charge on any atom is 0.175 e. The molecule has 58 valence electrons. The van der Waals surface area contributed by atoms with Crippen LogP contribution in [0.1, 0.15) is 17.3 Å². The zero-order valence-electron chi connectivity index (χ0n) is 6.07. The average Bonchev–Trinajstić information content (AvgIpc) is 2.04. The number of hydrogen-bond donors (Lipinski definition) is 1. The second kappa shape index (κ2) is 3.16. The highest BCUT2D eigenvalue weighted by molar-refractivity contribution is 5.96. The van der Waals surface area contributed by atoms with Gasteiger partial charge in [-0.1, -0.05) is 12.1 Å². The van der Waals surface area contributed by atoms with Crippen LogP contribution in [0, 0.1) is 0 Å². The summed E-state index contributed by atoms with van der Waals surface area (Å²) in [4.78, 5) is 14.8. The van der Waals surface area contributed by atoms with Crippen molar-refractivity contribution in [2.75, 3.05) is 0 Å². The van der Waals surface area contributed by atoms with Gasteiger partial charge in [0.2, 0.25) is 0 Å². The lowest BCUT2D eigenvalue weighted by Gasteiger charge is -2.00. The standard InChI is InChI=1S/C8H8O3/c1-6(9)7-4-2-3-5-8(7)11-10/h2-5,10H,1H3. The van der Waals surface area contributed by atoms with E-state index in [1.54, 1.807) is 18.2 Å². The van der Waals surface area contributed by atoms with E-state index in [1.807, 2.05) is 0 Å². The first-order chi connectivity index (χ1) is 5.25. The van der Waals surface area contributed by atoms with Gasteiger partial charge in [-0.2, -0.15) is 0 Å². The zero-order chi connectivity index (χ0) is 8.27. The molecule has 0 bridgehead atoms. The number of ketones is 1. The van der Waals surface area contributed by atoms with Crippen molar-refractivity contribution in [3.8, 4) is 5.75 Å². The van der Waals surface area contributed by atoms with Crippen molar-refractivity contribution in [1.29, 1.82) is 0 Å². The second-order valence-electron chi connectivity index (χ2n) is 2.14. The number of carbonyl (C=O) groups is 1. The van der Waals surface area contributed by atoms with E-state index in [-0.39, 0.29) is 11.5 Å². The smallest absolute Gasteiger partial charge is 0.175 e. The largest absolute Gasteiger partial charge is 0.339 e. The van der Waals surface area contributed by atoms with E-state index in [1.165, 1.54) is 13.0 Å². The molecule has 1 aromatic rings. The molecule has 0 aliphatic heterocycles. The summed E-state index contributed by atoms with van der Waals surface area (Å²) in [5.41, 5.74) is 0.384. The van der Waals surface area contributed by atoms with Gasteiger partial charge < -0.3 is 4.89 Å². The molecule has 11 heavy (non-hydrogen) atoms. The van der Waals surface area contributed by atoms with E-state index in [0.717, 1.165) is 0 Å². The minimum atomic E-state index is -0.130. The van der Waals surface area contributed by atoms with Crippen LogP contribution in [-0.2, 0) is 0 Å². The Balaban J connectivity index is 3.12. The maximum atomic E-state index is 10.8. The molecule has 0 aromatic heterocycles. The van der Waals surface area contributed by atoms with Crippen LogP contribution in [0.15, 0.2) is 24.3 Å². The van der Waals surface area contributed by atoms with Crippen molar-refractivity contribution in [2.24, 2.45) is 0 Å². The van der Waals surface area contributed by atoms with Gasteiger partial charge in [-0.05, 0) is 19.1 Å². The van der Waals surface area contributed by atoms with Crippen molar-refractivity contribution in [3.63, 3.8) is 0 Å². The summed E-state index contributed by atoms with van der Waals surface area (Å²) >= 11 is 0. The predicted molar refractivity (Wildman–Crippen MR) is 39.7 cm³/mol. The van der Waals surface area contributed by atoms with Crippen LogP contribution in [0.5, 0.6) is 5.75 Å². The van der Waals surface area contributed by atoms with E-state index in [9.17, 15) is 4.79 Å². The lowest BCUT2D eigenvalue weighted by molar-refractivity contribution is -0.137. The first-order valence-corrected chi connectivity index (χ1v) is 3.17. The fraction of sp³-hybridized carbons (Fsp3) is 0.125. The number of rotatable bonds is 2. The molecule has 1 aromatic carbocycles. The Morgan fingerprint density at radius 3 is 2.55 bits per heavy atom. The third kappa shape index (κ3) is 1.56. The van der Waals surface area contributed by atoms with Gasteiger partial charge in [0.1, 0.15) is 0 Å². The summed E-state index contributed by atoms with van der Waals surface area (Å²) in [6.07, 6.45) is 0. The van der Waals surface area contributed by atoms with Crippen LogP contribution in [0.3, 0.4) is 0 Å². The number of para-hydroxylation sites is 1. The van der Waals surface area contributed by atoms with Gasteiger partial charge in [-0.25, -0.2) is 5.26 Å². The first-order valence-electron chi connectivity index (χ1n) is 3.17. The molecule has 0 aliphatic rings. The summed E-state index contributed by atoms with van der Waals surface area (Å²) in [6.45, 7) is 1.41.